The second-order valence-electron chi connectivity index (χ2n) is 3.23. The van der Waals surface area contributed by atoms with Gasteiger partial charge in [-0.15, -0.1) is 12.4 Å². The first-order chi connectivity index (χ1) is 6.18. The molecule has 4 N–H and O–H groups in total. The molecule has 0 radical (unpaired) electrons. The maximum atomic E-state index is 11.1. The number of halogens is 1. The largest absolute Gasteiger partial charge is 0.369 e. The lowest BCUT2D eigenvalue weighted by atomic mass is 10.1. The molecule has 2 amide bonds. The van der Waals surface area contributed by atoms with Gasteiger partial charge in [-0.05, 0) is 25.9 Å². The summed E-state index contributed by atoms with van der Waals surface area (Å²) < 4.78 is 0. The van der Waals surface area contributed by atoms with Gasteiger partial charge in [-0.25, -0.2) is 0 Å². The second-order valence-corrected chi connectivity index (χ2v) is 3.23. The monoisotopic (exact) mass is 221 g/mol. The highest BCUT2D eigenvalue weighted by atomic mass is 35.5. The van der Waals surface area contributed by atoms with Gasteiger partial charge in [-0.3, -0.25) is 9.59 Å². The lowest BCUT2D eigenvalue weighted by Crippen LogP contribution is -2.43. The lowest BCUT2D eigenvalue weighted by Gasteiger charge is -2.23. The smallest absolute Gasteiger partial charge is 0.229 e. The minimum atomic E-state index is -0.577. The minimum Gasteiger partial charge on any atom is -0.369 e. The molecule has 0 bridgehead atoms. The van der Waals surface area contributed by atoms with Gasteiger partial charge in [0.25, 0.3) is 0 Å². The zero-order valence-electron chi connectivity index (χ0n) is 7.91. The Labute approximate surface area is 89.2 Å². The van der Waals surface area contributed by atoms with E-state index in [9.17, 15) is 9.59 Å². The normalized spacial score (nSPS) is 16.9. The standard InChI is InChI=1S/C8H15N3O2.ClH/c9-7(12)5-8(13)11-6-1-3-10-4-2-6;/h6,10H,1-5H2,(H2,9,12)(H,11,13);1H. The van der Waals surface area contributed by atoms with E-state index in [1.165, 1.54) is 0 Å². The predicted octanol–water partition coefficient (Wildman–Crippen LogP) is -0.848. The van der Waals surface area contributed by atoms with Gasteiger partial charge < -0.3 is 16.4 Å². The topological polar surface area (TPSA) is 84.2 Å². The van der Waals surface area contributed by atoms with E-state index in [4.69, 9.17) is 5.73 Å². The van der Waals surface area contributed by atoms with Crippen molar-refractivity contribution < 1.29 is 9.59 Å². The fourth-order valence-corrected chi connectivity index (χ4v) is 1.40. The average Bonchev–Trinajstić information content (AvgIpc) is 2.04. The minimum absolute atomic E-state index is 0. The number of rotatable bonds is 3. The van der Waals surface area contributed by atoms with Gasteiger partial charge in [0.1, 0.15) is 6.42 Å². The van der Waals surface area contributed by atoms with Crippen LogP contribution >= 0.6 is 12.4 Å². The zero-order valence-corrected chi connectivity index (χ0v) is 8.73. The Bertz CT molecular complexity index is 205. The van der Waals surface area contributed by atoms with Crippen molar-refractivity contribution in [2.75, 3.05) is 13.1 Å². The van der Waals surface area contributed by atoms with Crippen molar-refractivity contribution in [2.45, 2.75) is 25.3 Å². The molecule has 1 aliphatic heterocycles. The number of primary amides is 1. The van der Waals surface area contributed by atoms with E-state index in [1.54, 1.807) is 0 Å². The Kier molecular flexibility index (Phi) is 6.23. The number of nitrogens with two attached hydrogens (primary N) is 1. The van der Waals surface area contributed by atoms with E-state index in [-0.39, 0.29) is 30.8 Å². The Morgan fingerprint density at radius 1 is 1.36 bits per heavy atom. The van der Waals surface area contributed by atoms with Crippen LogP contribution in [0, 0.1) is 0 Å². The Balaban J connectivity index is 0.00000169. The van der Waals surface area contributed by atoms with Crippen LogP contribution in [0.25, 0.3) is 0 Å². The number of amides is 2. The van der Waals surface area contributed by atoms with Crippen molar-refractivity contribution in [3.05, 3.63) is 0 Å². The summed E-state index contributed by atoms with van der Waals surface area (Å²) in [5, 5.41) is 5.96. The molecule has 0 aliphatic carbocycles. The van der Waals surface area contributed by atoms with Crippen molar-refractivity contribution in [1.29, 1.82) is 0 Å². The van der Waals surface area contributed by atoms with Gasteiger partial charge in [0, 0.05) is 6.04 Å². The summed E-state index contributed by atoms with van der Waals surface area (Å²) in [6.07, 6.45) is 1.64. The third kappa shape index (κ3) is 5.04. The summed E-state index contributed by atoms with van der Waals surface area (Å²) in [5.74, 6) is -0.842. The quantitative estimate of drug-likeness (QED) is 0.543. The zero-order chi connectivity index (χ0) is 9.68. The van der Waals surface area contributed by atoms with Crippen LogP contribution in [0.3, 0.4) is 0 Å². The molecule has 0 aromatic rings. The molecule has 1 aliphatic rings. The first-order valence-electron chi connectivity index (χ1n) is 4.47. The number of piperidine rings is 1. The van der Waals surface area contributed by atoms with E-state index in [0.29, 0.717) is 0 Å². The summed E-state index contributed by atoms with van der Waals surface area (Å²) in [5.41, 5.74) is 4.89. The molecule has 0 unspecified atom stereocenters. The lowest BCUT2D eigenvalue weighted by molar-refractivity contribution is -0.128. The van der Waals surface area contributed by atoms with Crippen molar-refractivity contribution in [2.24, 2.45) is 5.73 Å². The Morgan fingerprint density at radius 2 is 1.93 bits per heavy atom. The number of carbonyl (C=O) groups excluding carboxylic acids is 2. The third-order valence-electron chi connectivity index (χ3n) is 2.04. The summed E-state index contributed by atoms with van der Waals surface area (Å²) in [6.45, 7) is 1.84. The van der Waals surface area contributed by atoms with E-state index in [0.717, 1.165) is 25.9 Å². The van der Waals surface area contributed by atoms with Gasteiger partial charge in [0.05, 0.1) is 0 Å². The van der Waals surface area contributed by atoms with Gasteiger partial charge in [-0.1, -0.05) is 0 Å². The molecule has 6 heteroatoms. The number of nitrogens with one attached hydrogen (secondary N) is 2. The molecular formula is C8H16ClN3O2. The summed E-state index contributed by atoms with van der Waals surface area (Å²) in [6, 6.07) is 0.202. The molecular weight excluding hydrogens is 206 g/mol. The molecule has 0 atom stereocenters. The SMILES string of the molecule is Cl.NC(=O)CC(=O)NC1CCNCC1. The highest BCUT2D eigenvalue weighted by molar-refractivity contribution is 5.96. The van der Waals surface area contributed by atoms with Crippen molar-refractivity contribution >= 4 is 24.2 Å². The van der Waals surface area contributed by atoms with Gasteiger partial charge in [0.2, 0.25) is 11.8 Å². The van der Waals surface area contributed by atoms with Crippen molar-refractivity contribution in [3.63, 3.8) is 0 Å². The maximum absolute atomic E-state index is 11.1. The van der Waals surface area contributed by atoms with Gasteiger partial charge in [0.15, 0.2) is 0 Å². The molecule has 0 aromatic heterocycles. The molecule has 14 heavy (non-hydrogen) atoms. The molecule has 1 heterocycles. The number of carbonyl (C=O) groups is 2. The van der Waals surface area contributed by atoms with Crippen LogP contribution in [-0.4, -0.2) is 30.9 Å². The molecule has 1 rings (SSSR count). The van der Waals surface area contributed by atoms with Crippen molar-refractivity contribution in [1.82, 2.24) is 10.6 Å². The molecule has 1 saturated heterocycles. The number of hydrogen-bond donors (Lipinski definition) is 3. The van der Waals surface area contributed by atoms with Crippen LogP contribution in [0.5, 0.6) is 0 Å². The van der Waals surface area contributed by atoms with Crippen LogP contribution < -0.4 is 16.4 Å². The summed E-state index contributed by atoms with van der Waals surface area (Å²) in [7, 11) is 0. The Morgan fingerprint density at radius 3 is 2.43 bits per heavy atom. The van der Waals surface area contributed by atoms with Gasteiger partial charge in [-0.2, -0.15) is 0 Å². The Hall–Kier alpha value is -0.810. The molecule has 0 saturated carbocycles. The van der Waals surface area contributed by atoms with E-state index < -0.39 is 5.91 Å². The molecule has 0 aromatic carbocycles. The van der Waals surface area contributed by atoms with Crippen LogP contribution in [0.2, 0.25) is 0 Å². The number of hydrogen-bond acceptors (Lipinski definition) is 3. The van der Waals surface area contributed by atoms with E-state index in [2.05, 4.69) is 10.6 Å². The summed E-state index contributed by atoms with van der Waals surface area (Å²) in [4.78, 5) is 21.5. The molecule has 1 fully saturated rings. The third-order valence-corrected chi connectivity index (χ3v) is 2.04. The predicted molar refractivity (Wildman–Crippen MR) is 55.1 cm³/mol. The van der Waals surface area contributed by atoms with Crippen LogP contribution in [-0.2, 0) is 9.59 Å². The van der Waals surface area contributed by atoms with Crippen molar-refractivity contribution in [3.8, 4) is 0 Å². The molecule has 5 nitrogen and oxygen atoms in total. The maximum Gasteiger partial charge on any atom is 0.229 e. The second kappa shape index (κ2) is 6.62. The fraction of sp³-hybridized carbons (Fsp3) is 0.750. The van der Waals surface area contributed by atoms with E-state index in [1.807, 2.05) is 0 Å². The highest BCUT2D eigenvalue weighted by Crippen LogP contribution is 2.01. The van der Waals surface area contributed by atoms with Crippen LogP contribution in [0.4, 0.5) is 0 Å². The molecule has 82 valence electrons. The van der Waals surface area contributed by atoms with Crippen LogP contribution in [0.15, 0.2) is 0 Å². The van der Waals surface area contributed by atoms with Gasteiger partial charge >= 0.3 is 0 Å². The van der Waals surface area contributed by atoms with Crippen LogP contribution in [0.1, 0.15) is 19.3 Å². The average molecular weight is 222 g/mol. The highest BCUT2D eigenvalue weighted by Gasteiger charge is 2.15. The first kappa shape index (κ1) is 13.2. The first-order valence-corrected chi connectivity index (χ1v) is 4.47. The molecule has 0 spiro atoms. The summed E-state index contributed by atoms with van der Waals surface area (Å²) >= 11 is 0. The van der Waals surface area contributed by atoms with E-state index >= 15 is 0 Å². The fourth-order valence-electron chi connectivity index (χ4n) is 1.40.